The second-order valence-electron chi connectivity index (χ2n) is 6.59. The van der Waals surface area contributed by atoms with Gasteiger partial charge in [-0.25, -0.2) is 0 Å². The number of nitrogens with one attached hydrogen (secondary N) is 1. The first-order valence-electron chi connectivity index (χ1n) is 8.02. The maximum Gasteiger partial charge on any atom is 0.270 e. The summed E-state index contributed by atoms with van der Waals surface area (Å²) in [4.78, 5) is 31.3. The summed E-state index contributed by atoms with van der Waals surface area (Å²) < 4.78 is 0.933. The number of thiophene rings is 1. The molecule has 23 heavy (non-hydrogen) atoms. The number of carbonyl (C=O) groups excluding carboxylic acids is 2. The maximum atomic E-state index is 12.5. The highest BCUT2D eigenvalue weighted by molar-refractivity contribution is 7.20. The number of amides is 1. The summed E-state index contributed by atoms with van der Waals surface area (Å²) in [5.41, 5.74) is 0.433. The molecule has 0 radical (unpaired) electrons. The monoisotopic (exact) mass is 329 g/mol. The normalized spacial score (nSPS) is 26.4. The molecule has 2 aromatic heterocycles. The molecular formula is C17H19N3O2S. The Morgan fingerprint density at radius 3 is 3.00 bits per heavy atom. The largest absolute Gasteiger partial charge is 0.347 e. The highest BCUT2D eigenvalue weighted by Gasteiger charge is 2.33. The molecule has 1 N–H and O–H groups in total. The number of hydrogen-bond donors (Lipinski definition) is 1. The van der Waals surface area contributed by atoms with E-state index in [-0.39, 0.29) is 17.7 Å². The Balaban J connectivity index is 1.51. The second kappa shape index (κ2) is 5.69. The summed E-state index contributed by atoms with van der Waals surface area (Å²) in [7, 11) is 0. The smallest absolute Gasteiger partial charge is 0.270 e. The van der Waals surface area contributed by atoms with Crippen molar-refractivity contribution >= 4 is 33.1 Å². The van der Waals surface area contributed by atoms with Crippen LogP contribution in [0.3, 0.4) is 0 Å². The molecular weight excluding hydrogens is 310 g/mol. The van der Waals surface area contributed by atoms with Crippen molar-refractivity contribution in [3.05, 3.63) is 28.9 Å². The first kappa shape index (κ1) is 14.8. The van der Waals surface area contributed by atoms with Crippen LogP contribution in [0.2, 0.25) is 0 Å². The highest BCUT2D eigenvalue weighted by Crippen LogP contribution is 2.28. The molecule has 1 unspecified atom stereocenters. The van der Waals surface area contributed by atoms with E-state index in [4.69, 9.17) is 0 Å². The minimum absolute atomic E-state index is 0.0453. The van der Waals surface area contributed by atoms with Gasteiger partial charge in [0, 0.05) is 35.4 Å². The van der Waals surface area contributed by atoms with E-state index in [1.807, 2.05) is 6.07 Å². The number of nitrogens with zero attached hydrogens (tertiary/aromatic N) is 2. The lowest BCUT2D eigenvalue weighted by Crippen LogP contribution is -2.47. The lowest BCUT2D eigenvalue weighted by Gasteiger charge is -2.30. The van der Waals surface area contributed by atoms with Gasteiger partial charge < -0.3 is 10.2 Å². The topological polar surface area (TPSA) is 62.3 Å². The molecule has 2 bridgehead atoms. The number of fused-ring (bicyclic) bond motifs is 3. The van der Waals surface area contributed by atoms with Crippen LogP contribution in [0.1, 0.15) is 39.9 Å². The second-order valence-corrected chi connectivity index (χ2v) is 7.68. The molecule has 2 aliphatic heterocycles. The van der Waals surface area contributed by atoms with Gasteiger partial charge in [0.25, 0.3) is 5.91 Å². The molecule has 4 heterocycles. The first-order valence-corrected chi connectivity index (χ1v) is 8.84. The van der Waals surface area contributed by atoms with Gasteiger partial charge in [0.15, 0.2) is 5.78 Å². The van der Waals surface area contributed by atoms with Crippen molar-refractivity contribution in [2.45, 2.75) is 25.8 Å². The minimum Gasteiger partial charge on any atom is -0.347 e. The Bertz CT molecular complexity index is 773. The quantitative estimate of drug-likeness (QED) is 0.878. The maximum absolute atomic E-state index is 12.5. The van der Waals surface area contributed by atoms with Gasteiger partial charge in [-0.1, -0.05) is 0 Å². The van der Waals surface area contributed by atoms with Gasteiger partial charge in [-0.05, 0) is 44.4 Å². The lowest BCUT2D eigenvalue weighted by atomic mass is 9.97. The number of hydrogen-bond acceptors (Lipinski definition) is 5. The number of piperidine rings is 1. The minimum atomic E-state index is -0.114. The van der Waals surface area contributed by atoms with Crippen molar-refractivity contribution < 1.29 is 9.59 Å². The van der Waals surface area contributed by atoms with Gasteiger partial charge in [0.05, 0.1) is 4.88 Å². The summed E-state index contributed by atoms with van der Waals surface area (Å²) in [6.45, 7) is 4.83. The third-order valence-corrected chi connectivity index (χ3v) is 5.98. The predicted molar refractivity (Wildman–Crippen MR) is 90.0 cm³/mol. The van der Waals surface area contributed by atoms with Gasteiger partial charge in [0.1, 0.15) is 5.69 Å². The first-order chi connectivity index (χ1) is 11.1. The Hall–Kier alpha value is -1.79. The van der Waals surface area contributed by atoms with Crippen molar-refractivity contribution in [2.75, 3.05) is 19.6 Å². The summed E-state index contributed by atoms with van der Waals surface area (Å²) in [6, 6.07) is 3.85. The highest BCUT2D eigenvalue weighted by atomic mass is 32.1. The molecule has 0 aliphatic carbocycles. The fourth-order valence-electron chi connectivity index (χ4n) is 3.65. The average molecular weight is 329 g/mol. The van der Waals surface area contributed by atoms with Crippen LogP contribution in [0.25, 0.3) is 10.1 Å². The zero-order chi connectivity index (χ0) is 16.0. The van der Waals surface area contributed by atoms with E-state index in [2.05, 4.69) is 15.2 Å². The number of pyridine rings is 1. The third-order valence-electron chi connectivity index (χ3n) is 4.78. The molecule has 3 atom stereocenters. The standard InChI is InChI=1S/C17H19N3O2S/c1-10(21)15-5-12-7-18-14(6-16(12)23-15)17(22)19-13-4-11-2-3-20(8-11)9-13/h5-7,11,13H,2-4,8-9H2,1H3,(H,19,22)/t11-,13-/m1/s1. The van der Waals surface area contributed by atoms with Crippen molar-refractivity contribution in [1.29, 1.82) is 0 Å². The molecule has 2 fully saturated rings. The molecule has 2 aromatic rings. The molecule has 5 nitrogen and oxygen atoms in total. The van der Waals surface area contributed by atoms with Crippen LogP contribution in [0.5, 0.6) is 0 Å². The fraction of sp³-hybridized carbons (Fsp3) is 0.471. The number of rotatable bonds is 3. The number of ketones is 1. The van der Waals surface area contributed by atoms with Crippen molar-refractivity contribution in [3.63, 3.8) is 0 Å². The van der Waals surface area contributed by atoms with Crippen molar-refractivity contribution in [2.24, 2.45) is 5.92 Å². The zero-order valence-electron chi connectivity index (χ0n) is 13.0. The van der Waals surface area contributed by atoms with E-state index in [9.17, 15) is 9.59 Å². The predicted octanol–water partition coefficient (Wildman–Crippen LogP) is 2.32. The number of aromatic nitrogens is 1. The van der Waals surface area contributed by atoms with Gasteiger partial charge in [0.2, 0.25) is 0 Å². The average Bonchev–Trinajstić information content (AvgIpc) is 3.09. The summed E-state index contributed by atoms with van der Waals surface area (Å²) in [5.74, 6) is 0.654. The summed E-state index contributed by atoms with van der Waals surface area (Å²) in [6.07, 6.45) is 4.00. The van der Waals surface area contributed by atoms with Crippen LogP contribution in [-0.2, 0) is 0 Å². The summed E-state index contributed by atoms with van der Waals surface area (Å²) >= 11 is 1.42. The van der Waals surface area contributed by atoms with Gasteiger partial charge in [-0.3, -0.25) is 14.6 Å². The van der Waals surface area contributed by atoms with Crippen LogP contribution < -0.4 is 5.32 Å². The number of Topliss-reactive ketones (excluding diaryl/α,β-unsaturated/α-hetero) is 1. The molecule has 0 aromatic carbocycles. The molecule has 4 rings (SSSR count). The van der Waals surface area contributed by atoms with Gasteiger partial charge >= 0.3 is 0 Å². The van der Waals surface area contributed by atoms with E-state index in [0.29, 0.717) is 10.6 Å². The Morgan fingerprint density at radius 2 is 2.22 bits per heavy atom. The van der Waals surface area contributed by atoms with Crippen molar-refractivity contribution in [1.82, 2.24) is 15.2 Å². The van der Waals surface area contributed by atoms with Crippen LogP contribution in [0.15, 0.2) is 18.3 Å². The molecule has 120 valence electrons. The molecule has 1 amide bonds. The molecule has 0 saturated carbocycles. The Morgan fingerprint density at radius 1 is 1.35 bits per heavy atom. The van der Waals surface area contributed by atoms with Crippen LogP contribution in [0, 0.1) is 5.92 Å². The summed E-state index contributed by atoms with van der Waals surface area (Å²) in [5, 5.41) is 4.04. The van der Waals surface area contributed by atoms with Crippen LogP contribution in [-0.4, -0.2) is 47.3 Å². The molecule has 2 saturated heterocycles. The van der Waals surface area contributed by atoms with E-state index >= 15 is 0 Å². The number of carbonyl (C=O) groups is 2. The van der Waals surface area contributed by atoms with E-state index in [1.54, 1.807) is 19.2 Å². The van der Waals surface area contributed by atoms with E-state index < -0.39 is 0 Å². The van der Waals surface area contributed by atoms with Crippen molar-refractivity contribution in [3.8, 4) is 0 Å². The third kappa shape index (κ3) is 2.88. The Kier molecular flexibility index (Phi) is 3.66. The Labute approximate surface area is 138 Å². The SMILES string of the molecule is CC(=O)c1cc2cnc(C(=O)N[C@@H]3C[C@H]4CCN(C4)C3)cc2s1. The molecule has 6 heteroatoms. The van der Waals surface area contributed by atoms with Gasteiger partial charge in [-0.15, -0.1) is 11.3 Å². The molecule has 2 aliphatic rings. The lowest BCUT2D eigenvalue weighted by molar-refractivity contribution is 0.0904. The van der Waals surface area contributed by atoms with Crippen LogP contribution in [0.4, 0.5) is 0 Å². The fourth-order valence-corrected chi connectivity index (χ4v) is 4.62. The van der Waals surface area contributed by atoms with E-state index in [0.717, 1.165) is 35.5 Å². The molecule has 0 spiro atoms. The van der Waals surface area contributed by atoms with Gasteiger partial charge in [-0.2, -0.15) is 0 Å². The zero-order valence-corrected chi connectivity index (χ0v) is 13.9. The van der Waals surface area contributed by atoms with Crippen LogP contribution >= 0.6 is 11.3 Å². The van der Waals surface area contributed by atoms with E-state index in [1.165, 1.54) is 24.3 Å².